The summed E-state index contributed by atoms with van der Waals surface area (Å²) >= 11 is 0. The Morgan fingerprint density at radius 3 is 2.06 bits per heavy atom. The van der Waals surface area contributed by atoms with E-state index in [4.69, 9.17) is 4.74 Å². The zero-order valence-electron chi connectivity index (χ0n) is 19.5. The van der Waals surface area contributed by atoms with Gasteiger partial charge in [0.15, 0.2) is 0 Å². The van der Waals surface area contributed by atoms with Gasteiger partial charge in [0.25, 0.3) is 5.91 Å². The van der Waals surface area contributed by atoms with Gasteiger partial charge in [0.1, 0.15) is 5.75 Å². The van der Waals surface area contributed by atoms with E-state index in [0.29, 0.717) is 25.2 Å². The highest BCUT2D eigenvalue weighted by Gasteiger charge is 2.25. The number of rotatable bonds is 11. The number of methoxy groups -OCH3 is 1. The lowest BCUT2D eigenvalue weighted by Gasteiger charge is -2.19. The molecule has 0 aliphatic rings. The lowest BCUT2D eigenvalue weighted by Crippen LogP contribution is -2.31. The van der Waals surface area contributed by atoms with Gasteiger partial charge in [0.05, 0.1) is 22.5 Å². The average molecular weight is 498 g/mol. The van der Waals surface area contributed by atoms with Crippen molar-refractivity contribution in [1.82, 2.24) is 9.03 Å². The van der Waals surface area contributed by atoms with E-state index in [2.05, 4.69) is 10.0 Å². The van der Waals surface area contributed by atoms with Gasteiger partial charge in [-0.1, -0.05) is 20.8 Å². The van der Waals surface area contributed by atoms with Crippen molar-refractivity contribution in [2.24, 2.45) is 0 Å². The van der Waals surface area contributed by atoms with Crippen LogP contribution in [-0.2, 0) is 20.0 Å². The normalized spacial score (nSPS) is 13.0. The van der Waals surface area contributed by atoms with E-state index in [0.717, 1.165) is 0 Å². The van der Waals surface area contributed by atoms with Crippen LogP contribution in [0, 0.1) is 0 Å². The van der Waals surface area contributed by atoms with E-state index in [1.807, 2.05) is 6.92 Å². The molecule has 0 fully saturated rings. The van der Waals surface area contributed by atoms with Crippen LogP contribution in [0.3, 0.4) is 0 Å². The van der Waals surface area contributed by atoms with E-state index < -0.39 is 26.0 Å². The smallest absolute Gasteiger partial charge is 0.259 e. The highest BCUT2D eigenvalue weighted by molar-refractivity contribution is 7.89. The number of carbonyl (C=O) groups excluding carboxylic acids is 1. The van der Waals surface area contributed by atoms with Gasteiger partial charge < -0.3 is 10.1 Å². The predicted octanol–water partition coefficient (Wildman–Crippen LogP) is 3.05. The minimum Gasteiger partial charge on any atom is -0.496 e. The van der Waals surface area contributed by atoms with Gasteiger partial charge in [-0.3, -0.25) is 4.79 Å². The fraction of sp³-hybridized carbons (Fsp3) is 0.409. The maximum absolute atomic E-state index is 12.9. The monoisotopic (exact) mass is 497 g/mol. The minimum absolute atomic E-state index is 0.0188. The Morgan fingerprint density at radius 2 is 1.55 bits per heavy atom. The summed E-state index contributed by atoms with van der Waals surface area (Å²) in [7, 11) is -6.05. The number of anilines is 1. The van der Waals surface area contributed by atoms with Crippen molar-refractivity contribution in [3.8, 4) is 5.75 Å². The molecule has 2 aromatic carbocycles. The number of nitrogens with zero attached hydrogens (tertiary/aromatic N) is 1. The van der Waals surface area contributed by atoms with Crippen molar-refractivity contribution in [2.75, 3.05) is 25.5 Å². The van der Waals surface area contributed by atoms with E-state index in [-0.39, 0.29) is 27.1 Å². The standard InChI is InChI=1S/C22H31N3O6S2/c1-6-16(4)24-32(27,28)18-11-9-17(10-12-18)23-22(26)20-15-19(13-14-21(20)31-5)33(29,30)25(7-2)8-3/h9-16,24H,6-8H2,1-5H3,(H,23,26). The molecule has 11 heteroatoms. The summed E-state index contributed by atoms with van der Waals surface area (Å²) < 4.78 is 59.6. The molecule has 0 heterocycles. The van der Waals surface area contributed by atoms with Gasteiger partial charge in [0, 0.05) is 24.8 Å². The summed E-state index contributed by atoms with van der Waals surface area (Å²) in [6.07, 6.45) is 0.651. The number of carbonyl (C=O) groups is 1. The Balaban J connectivity index is 2.31. The van der Waals surface area contributed by atoms with Crippen LogP contribution >= 0.6 is 0 Å². The number of ether oxygens (including phenoxy) is 1. The molecule has 1 atom stereocenters. The quantitative estimate of drug-likeness (QED) is 0.492. The zero-order valence-corrected chi connectivity index (χ0v) is 21.1. The molecule has 1 amide bonds. The highest BCUT2D eigenvalue weighted by atomic mass is 32.2. The maximum atomic E-state index is 12.9. The van der Waals surface area contributed by atoms with Crippen LogP contribution in [0.1, 0.15) is 44.5 Å². The number of hydrogen-bond donors (Lipinski definition) is 2. The Labute approximate surface area is 196 Å². The fourth-order valence-corrected chi connectivity index (χ4v) is 5.88. The van der Waals surface area contributed by atoms with Crippen LogP contribution < -0.4 is 14.8 Å². The summed E-state index contributed by atoms with van der Waals surface area (Å²) in [4.78, 5) is 13.0. The Hall–Kier alpha value is -2.47. The SMILES string of the molecule is CCC(C)NS(=O)(=O)c1ccc(NC(=O)c2cc(S(=O)(=O)N(CC)CC)ccc2OC)cc1. The average Bonchev–Trinajstić information content (AvgIpc) is 2.79. The molecule has 182 valence electrons. The fourth-order valence-electron chi connectivity index (χ4n) is 3.07. The third kappa shape index (κ3) is 6.32. The first-order valence-electron chi connectivity index (χ1n) is 10.6. The number of hydrogen-bond acceptors (Lipinski definition) is 6. The molecule has 33 heavy (non-hydrogen) atoms. The van der Waals surface area contributed by atoms with Gasteiger partial charge in [-0.2, -0.15) is 4.31 Å². The number of sulfonamides is 2. The van der Waals surface area contributed by atoms with E-state index in [1.165, 1.54) is 53.9 Å². The lowest BCUT2D eigenvalue weighted by molar-refractivity contribution is 0.102. The predicted molar refractivity (Wildman–Crippen MR) is 128 cm³/mol. The zero-order chi connectivity index (χ0) is 24.8. The van der Waals surface area contributed by atoms with Crippen molar-refractivity contribution in [2.45, 2.75) is 49.9 Å². The van der Waals surface area contributed by atoms with Gasteiger partial charge in [0.2, 0.25) is 20.0 Å². The first kappa shape index (κ1) is 26.8. The Kier molecular flexibility index (Phi) is 9.01. The number of nitrogens with one attached hydrogen (secondary N) is 2. The van der Waals surface area contributed by atoms with E-state index in [9.17, 15) is 21.6 Å². The minimum atomic E-state index is -3.77. The second-order valence-corrected chi connectivity index (χ2v) is 11.0. The van der Waals surface area contributed by atoms with Crippen LogP contribution in [0.2, 0.25) is 0 Å². The molecule has 1 unspecified atom stereocenters. The Morgan fingerprint density at radius 1 is 0.970 bits per heavy atom. The Bertz CT molecular complexity index is 1180. The third-order valence-electron chi connectivity index (χ3n) is 5.15. The molecule has 0 radical (unpaired) electrons. The van der Waals surface area contributed by atoms with Crippen molar-refractivity contribution in [1.29, 1.82) is 0 Å². The van der Waals surface area contributed by atoms with Gasteiger partial charge in [-0.15, -0.1) is 0 Å². The van der Waals surface area contributed by atoms with Gasteiger partial charge >= 0.3 is 0 Å². The molecule has 0 aromatic heterocycles. The molecule has 2 N–H and O–H groups in total. The molecule has 0 saturated carbocycles. The molecule has 0 saturated heterocycles. The first-order valence-corrected chi connectivity index (χ1v) is 13.5. The van der Waals surface area contributed by atoms with Gasteiger partial charge in [-0.25, -0.2) is 21.6 Å². The number of benzene rings is 2. The highest BCUT2D eigenvalue weighted by Crippen LogP contribution is 2.26. The summed E-state index contributed by atoms with van der Waals surface area (Å²) in [5, 5.41) is 2.66. The van der Waals surface area contributed by atoms with Crippen LogP contribution in [0.25, 0.3) is 0 Å². The van der Waals surface area contributed by atoms with E-state index in [1.54, 1.807) is 20.8 Å². The summed E-state index contributed by atoms with van der Waals surface area (Å²) in [6.45, 7) is 7.72. The first-order chi connectivity index (χ1) is 15.5. The van der Waals surface area contributed by atoms with Crippen molar-refractivity contribution < 1.29 is 26.4 Å². The van der Waals surface area contributed by atoms with Crippen LogP contribution in [0.15, 0.2) is 52.3 Å². The molecule has 2 rings (SSSR count). The van der Waals surface area contributed by atoms with Crippen molar-refractivity contribution in [3.05, 3.63) is 48.0 Å². The molecule has 9 nitrogen and oxygen atoms in total. The molecule has 2 aromatic rings. The second kappa shape index (κ2) is 11.1. The van der Waals surface area contributed by atoms with Crippen LogP contribution in [0.5, 0.6) is 5.75 Å². The van der Waals surface area contributed by atoms with Crippen molar-refractivity contribution in [3.63, 3.8) is 0 Å². The number of amides is 1. The third-order valence-corrected chi connectivity index (χ3v) is 8.80. The largest absolute Gasteiger partial charge is 0.496 e. The topological polar surface area (TPSA) is 122 Å². The van der Waals surface area contributed by atoms with Crippen LogP contribution in [0.4, 0.5) is 5.69 Å². The summed E-state index contributed by atoms with van der Waals surface area (Å²) in [6, 6.07) is 9.60. The lowest BCUT2D eigenvalue weighted by atomic mass is 10.2. The second-order valence-electron chi connectivity index (χ2n) is 7.36. The molecular weight excluding hydrogens is 466 g/mol. The maximum Gasteiger partial charge on any atom is 0.259 e. The van der Waals surface area contributed by atoms with E-state index >= 15 is 0 Å². The van der Waals surface area contributed by atoms with Crippen molar-refractivity contribution >= 4 is 31.6 Å². The molecule has 0 aliphatic heterocycles. The van der Waals surface area contributed by atoms with Gasteiger partial charge in [-0.05, 0) is 55.8 Å². The molecule has 0 spiro atoms. The molecular formula is C22H31N3O6S2. The molecule has 0 bridgehead atoms. The van der Waals surface area contributed by atoms with Crippen LogP contribution in [-0.4, -0.2) is 53.3 Å². The summed E-state index contributed by atoms with van der Waals surface area (Å²) in [5.74, 6) is -0.375. The summed E-state index contributed by atoms with van der Waals surface area (Å²) in [5.41, 5.74) is 0.391. The molecule has 0 aliphatic carbocycles.